The van der Waals surface area contributed by atoms with Crippen LogP contribution < -0.4 is 4.74 Å². The Morgan fingerprint density at radius 3 is 2.75 bits per heavy atom. The van der Waals surface area contributed by atoms with Crippen LogP contribution in [-0.4, -0.2) is 32.4 Å². The molecule has 1 rings (SSSR count). The van der Waals surface area contributed by atoms with Gasteiger partial charge in [0.25, 0.3) is 10.1 Å². The Morgan fingerprint density at radius 1 is 1.50 bits per heavy atom. The highest BCUT2D eigenvalue weighted by Gasteiger charge is 2.09. The SMILES string of the molecule is C[C@@H](COS(C)(=O)=O)Oc1cncc(Br)c1. The molecule has 0 aliphatic rings. The number of rotatable bonds is 5. The summed E-state index contributed by atoms with van der Waals surface area (Å²) in [6.45, 7) is 1.69. The van der Waals surface area contributed by atoms with Crippen molar-refractivity contribution in [2.45, 2.75) is 13.0 Å². The van der Waals surface area contributed by atoms with Gasteiger partial charge in [0, 0.05) is 10.7 Å². The van der Waals surface area contributed by atoms with Crippen molar-refractivity contribution >= 4 is 26.0 Å². The van der Waals surface area contributed by atoms with Gasteiger partial charge < -0.3 is 4.74 Å². The van der Waals surface area contributed by atoms with Gasteiger partial charge in [0.15, 0.2) is 0 Å². The van der Waals surface area contributed by atoms with Gasteiger partial charge in [0.05, 0.1) is 12.5 Å². The van der Waals surface area contributed by atoms with E-state index in [4.69, 9.17) is 4.74 Å². The van der Waals surface area contributed by atoms with Crippen molar-refractivity contribution in [1.82, 2.24) is 4.98 Å². The highest BCUT2D eigenvalue weighted by atomic mass is 79.9. The lowest BCUT2D eigenvalue weighted by atomic mass is 10.4. The Balaban J connectivity index is 2.49. The number of hydrogen-bond acceptors (Lipinski definition) is 5. The maximum atomic E-state index is 10.7. The molecule has 0 saturated heterocycles. The Hall–Kier alpha value is -0.660. The van der Waals surface area contributed by atoms with E-state index in [0.717, 1.165) is 10.7 Å². The molecule has 1 heterocycles. The first-order valence-electron chi connectivity index (χ1n) is 4.48. The molecule has 0 aliphatic heterocycles. The fourth-order valence-corrected chi connectivity index (χ4v) is 1.73. The fourth-order valence-electron chi connectivity index (χ4n) is 0.943. The van der Waals surface area contributed by atoms with Gasteiger partial charge in [0.2, 0.25) is 0 Å². The molecule has 0 saturated carbocycles. The maximum absolute atomic E-state index is 10.7. The van der Waals surface area contributed by atoms with Crippen molar-refractivity contribution in [2.75, 3.05) is 12.9 Å². The minimum absolute atomic E-state index is 0.0225. The molecule has 0 aliphatic carbocycles. The third kappa shape index (κ3) is 5.43. The zero-order valence-corrected chi connectivity index (χ0v) is 11.3. The third-order valence-electron chi connectivity index (χ3n) is 1.53. The van der Waals surface area contributed by atoms with E-state index in [2.05, 4.69) is 25.1 Å². The van der Waals surface area contributed by atoms with Gasteiger partial charge in [-0.25, -0.2) is 0 Å². The normalized spacial score (nSPS) is 13.4. The first-order chi connectivity index (χ1) is 7.37. The lowest BCUT2D eigenvalue weighted by Gasteiger charge is -2.13. The minimum Gasteiger partial charge on any atom is -0.487 e. The molecule has 1 aromatic heterocycles. The molecule has 7 heteroatoms. The minimum atomic E-state index is -3.42. The zero-order chi connectivity index (χ0) is 12.2. The van der Waals surface area contributed by atoms with Crippen LogP contribution in [0.25, 0.3) is 0 Å². The molecule has 1 atom stereocenters. The topological polar surface area (TPSA) is 65.5 Å². The average molecular weight is 310 g/mol. The molecule has 0 bridgehead atoms. The van der Waals surface area contributed by atoms with Gasteiger partial charge in [0.1, 0.15) is 18.5 Å². The third-order valence-corrected chi connectivity index (χ3v) is 2.53. The van der Waals surface area contributed by atoms with E-state index in [1.165, 1.54) is 0 Å². The molecule has 0 radical (unpaired) electrons. The van der Waals surface area contributed by atoms with Crippen molar-refractivity contribution in [3.8, 4) is 5.75 Å². The highest BCUT2D eigenvalue weighted by Crippen LogP contribution is 2.17. The van der Waals surface area contributed by atoms with E-state index < -0.39 is 10.1 Å². The van der Waals surface area contributed by atoms with Gasteiger partial charge in [-0.05, 0) is 28.9 Å². The first kappa shape index (κ1) is 13.4. The summed E-state index contributed by atoms with van der Waals surface area (Å²) in [7, 11) is -3.42. The summed E-state index contributed by atoms with van der Waals surface area (Å²) < 4.78 is 32.3. The van der Waals surface area contributed by atoms with Crippen LogP contribution in [0.3, 0.4) is 0 Å². The first-order valence-corrected chi connectivity index (χ1v) is 7.09. The Labute approximate surface area is 103 Å². The molecule has 90 valence electrons. The molecular weight excluding hydrogens is 298 g/mol. The summed E-state index contributed by atoms with van der Waals surface area (Å²) in [6.07, 6.45) is 3.80. The number of hydrogen-bond donors (Lipinski definition) is 0. The average Bonchev–Trinajstić information content (AvgIpc) is 2.14. The molecule has 0 unspecified atom stereocenters. The summed E-state index contributed by atoms with van der Waals surface area (Å²) in [4.78, 5) is 3.92. The van der Waals surface area contributed by atoms with E-state index in [0.29, 0.717) is 5.75 Å². The van der Waals surface area contributed by atoms with Crippen LogP contribution in [0, 0.1) is 0 Å². The van der Waals surface area contributed by atoms with Crippen LogP contribution in [-0.2, 0) is 14.3 Å². The van der Waals surface area contributed by atoms with Crippen LogP contribution >= 0.6 is 15.9 Å². The van der Waals surface area contributed by atoms with E-state index in [9.17, 15) is 8.42 Å². The van der Waals surface area contributed by atoms with Crippen LogP contribution in [0.2, 0.25) is 0 Å². The smallest absolute Gasteiger partial charge is 0.264 e. The summed E-state index contributed by atoms with van der Waals surface area (Å²) in [5.74, 6) is 0.555. The number of ether oxygens (including phenoxy) is 1. The number of pyridine rings is 1. The van der Waals surface area contributed by atoms with Crippen LogP contribution in [0.5, 0.6) is 5.75 Å². The number of halogens is 1. The van der Waals surface area contributed by atoms with Crippen LogP contribution in [0.1, 0.15) is 6.92 Å². The van der Waals surface area contributed by atoms with Gasteiger partial charge in [-0.3, -0.25) is 9.17 Å². The number of nitrogens with zero attached hydrogens (tertiary/aromatic N) is 1. The molecule has 0 amide bonds. The van der Waals surface area contributed by atoms with Crippen molar-refractivity contribution < 1.29 is 17.3 Å². The molecule has 0 aromatic carbocycles. The van der Waals surface area contributed by atoms with Crippen LogP contribution in [0.4, 0.5) is 0 Å². The van der Waals surface area contributed by atoms with Gasteiger partial charge >= 0.3 is 0 Å². The monoisotopic (exact) mass is 309 g/mol. The summed E-state index contributed by atoms with van der Waals surface area (Å²) >= 11 is 3.25. The second kappa shape index (κ2) is 5.60. The van der Waals surface area contributed by atoms with E-state index in [1.54, 1.807) is 25.4 Å². The molecule has 0 N–H and O–H groups in total. The second-order valence-electron chi connectivity index (χ2n) is 3.26. The van der Waals surface area contributed by atoms with Crippen molar-refractivity contribution in [1.29, 1.82) is 0 Å². The summed E-state index contributed by atoms with van der Waals surface area (Å²) in [5, 5.41) is 0. The molecule has 0 fully saturated rings. The van der Waals surface area contributed by atoms with E-state index in [1.807, 2.05) is 0 Å². The van der Waals surface area contributed by atoms with Crippen molar-refractivity contribution in [3.05, 3.63) is 22.9 Å². The van der Waals surface area contributed by atoms with Crippen molar-refractivity contribution in [3.63, 3.8) is 0 Å². The lowest BCUT2D eigenvalue weighted by Crippen LogP contribution is -2.21. The standard InChI is InChI=1S/C9H12BrNO4S/c1-7(6-14-16(2,12)13)15-9-3-8(10)4-11-5-9/h3-5,7H,6H2,1-2H3/t7-/m0/s1. The predicted octanol–water partition coefficient (Wildman–Crippen LogP) is 1.59. The Morgan fingerprint density at radius 2 is 2.19 bits per heavy atom. The predicted molar refractivity (Wildman–Crippen MR) is 62.8 cm³/mol. The van der Waals surface area contributed by atoms with E-state index in [-0.39, 0.29) is 12.7 Å². The van der Waals surface area contributed by atoms with Gasteiger partial charge in [-0.2, -0.15) is 8.42 Å². The summed E-state index contributed by atoms with van der Waals surface area (Å²) in [6, 6.07) is 1.74. The maximum Gasteiger partial charge on any atom is 0.264 e. The molecule has 5 nitrogen and oxygen atoms in total. The fraction of sp³-hybridized carbons (Fsp3) is 0.444. The quantitative estimate of drug-likeness (QED) is 0.773. The number of aromatic nitrogens is 1. The largest absolute Gasteiger partial charge is 0.487 e. The van der Waals surface area contributed by atoms with Gasteiger partial charge in [-0.15, -0.1) is 0 Å². The van der Waals surface area contributed by atoms with Crippen molar-refractivity contribution in [2.24, 2.45) is 0 Å². The van der Waals surface area contributed by atoms with E-state index >= 15 is 0 Å². The highest BCUT2D eigenvalue weighted by molar-refractivity contribution is 9.10. The Bertz CT molecular complexity index is 449. The molecule has 16 heavy (non-hydrogen) atoms. The Kier molecular flexibility index (Phi) is 4.69. The molecular formula is C9H12BrNO4S. The lowest BCUT2D eigenvalue weighted by molar-refractivity contribution is 0.147. The zero-order valence-electron chi connectivity index (χ0n) is 8.88. The second-order valence-corrected chi connectivity index (χ2v) is 5.82. The molecule has 1 aromatic rings. The molecule has 0 spiro atoms. The summed E-state index contributed by atoms with van der Waals surface area (Å²) in [5.41, 5.74) is 0. The van der Waals surface area contributed by atoms with Crippen LogP contribution in [0.15, 0.2) is 22.9 Å². The van der Waals surface area contributed by atoms with Gasteiger partial charge in [-0.1, -0.05) is 0 Å².